The van der Waals surface area contributed by atoms with E-state index in [0.717, 1.165) is 18.3 Å². The molecule has 15 heavy (non-hydrogen) atoms. The zero-order chi connectivity index (χ0) is 11.2. The van der Waals surface area contributed by atoms with Crippen LogP contribution in [0.1, 0.15) is 47.0 Å². The normalized spacial score (nSPS) is 53.3. The number of allylic oxidation sites excluding steroid dienone is 1. The largest absolute Gasteiger partial charge is 0.389 e. The van der Waals surface area contributed by atoms with Crippen LogP contribution in [-0.4, -0.2) is 11.2 Å². The summed E-state index contributed by atoms with van der Waals surface area (Å²) in [5.41, 5.74) is 1.60. The fourth-order valence-electron chi connectivity index (χ4n) is 4.06. The Morgan fingerprint density at radius 2 is 2.07 bits per heavy atom. The topological polar surface area (TPSA) is 20.2 Å². The number of hydrogen-bond donors (Lipinski definition) is 1. The first-order valence-electron chi connectivity index (χ1n) is 6.35. The first kappa shape index (κ1) is 11.2. The van der Waals surface area contributed by atoms with Gasteiger partial charge in [-0.2, -0.15) is 0 Å². The standard InChI is InChI=1S/C14H24O/c1-5-11-13(15)8-12-10(3)9(2)6-7-14(11,12)4/h5,9-10,12-13,15H,6-8H2,1-4H3/t9?,10?,12?,13-,14?/m1/s1. The Kier molecular flexibility index (Phi) is 2.70. The minimum Gasteiger partial charge on any atom is -0.389 e. The van der Waals surface area contributed by atoms with Gasteiger partial charge in [0.2, 0.25) is 0 Å². The monoisotopic (exact) mass is 208 g/mol. The van der Waals surface area contributed by atoms with Gasteiger partial charge in [0.05, 0.1) is 6.10 Å². The Morgan fingerprint density at radius 1 is 1.40 bits per heavy atom. The van der Waals surface area contributed by atoms with Crippen LogP contribution in [0, 0.1) is 23.2 Å². The molecule has 0 aromatic heterocycles. The van der Waals surface area contributed by atoms with E-state index in [1.165, 1.54) is 18.4 Å². The van der Waals surface area contributed by atoms with Crippen LogP contribution in [0.5, 0.6) is 0 Å². The van der Waals surface area contributed by atoms with E-state index in [2.05, 4.69) is 33.8 Å². The molecule has 2 fully saturated rings. The predicted molar refractivity (Wildman–Crippen MR) is 63.5 cm³/mol. The molecule has 2 saturated carbocycles. The summed E-state index contributed by atoms with van der Waals surface area (Å²) in [6.07, 6.45) is 5.56. The Labute approximate surface area is 93.6 Å². The smallest absolute Gasteiger partial charge is 0.0758 e. The fraction of sp³-hybridized carbons (Fsp3) is 0.857. The third-order valence-electron chi connectivity index (χ3n) is 5.28. The molecule has 0 bridgehead atoms. The summed E-state index contributed by atoms with van der Waals surface area (Å²) < 4.78 is 0. The maximum Gasteiger partial charge on any atom is 0.0758 e. The van der Waals surface area contributed by atoms with Crippen molar-refractivity contribution in [2.75, 3.05) is 0 Å². The SMILES string of the molecule is CC=C1[C@H](O)CC2C(C)C(C)CCC12C. The van der Waals surface area contributed by atoms with Crippen molar-refractivity contribution in [2.45, 2.75) is 53.1 Å². The van der Waals surface area contributed by atoms with E-state index in [1.54, 1.807) is 0 Å². The van der Waals surface area contributed by atoms with Crippen molar-refractivity contribution in [1.29, 1.82) is 0 Å². The van der Waals surface area contributed by atoms with Crippen molar-refractivity contribution in [3.8, 4) is 0 Å². The number of hydrogen-bond acceptors (Lipinski definition) is 1. The maximum absolute atomic E-state index is 10.1. The van der Waals surface area contributed by atoms with Crippen LogP contribution in [0.3, 0.4) is 0 Å². The van der Waals surface area contributed by atoms with Crippen LogP contribution < -0.4 is 0 Å². The molecule has 2 aliphatic rings. The minimum atomic E-state index is -0.169. The van der Waals surface area contributed by atoms with E-state index in [1.807, 2.05) is 0 Å². The highest BCUT2D eigenvalue weighted by Gasteiger charge is 2.52. The van der Waals surface area contributed by atoms with Crippen LogP contribution in [0.4, 0.5) is 0 Å². The molecule has 0 amide bonds. The van der Waals surface area contributed by atoms with Gasteiger partial charge < -0.3 is 5.11 Å². The lowest BCUT2D eigenvalue weighted by Gasteiger charge is -2.44. The second-order valence-corrected chi connectivity index (χ2v) is 5.89. The summed E-state index contributed by atoms with van der Waals surface area (Å²) in [4.78, 5) is 0. The molecule has 5 atom stereocenters. The number of rotatable bonds is 0. The number of aliphatic hydroxyl groups is 1. The van der Waals surface area contributed by atoms with Gasteiger partial charge in [0, 0.05) is 0 Å². The van der Waals surface area contributed by atoms with Gasteiger partial charge in [-0.25, -0.2) is 0 Å². The van der Waals surface area contributed by atoms with E-state index < -0.39 is 0 Å². The third kappa shape index (κ3) is 1.47. The highest BCUT2D eigenvalue weighted by molar-refractivity contribution is 5.26. The molecule has 0 aliphatic heterocycles. The molecule has 0 spiro atoms. The van der Waals surface area contributed by atoms with Crippen molar-refractivity contribution in [1.82, 2.24) is 0 Å². The Morgan fingerprint density at radius 3 is 2.67 bits per heavy atom. The van der Waals surface area contributed by atoms with Crippen LogP contribution in [0.15, 0.2) is 11.6 Å². The molecule has 0 heterocycles. The molecule has 2 aliphatic carbocycles. The van der Waals surface area contributed by atoms with Crippen molar-refractivity contribution in [3.05, 3.63) is 11.6 Å². The van der Waals surface area contributed by atoms with E-state index in [0.29, 0.717) is 11.3 Å². The molecule has 86 valence electrons. The summed E-state index contributed by atoms with van der Waals surface area (Å²) in [6, 6.07) is 0. The van der Waals surface area contributed by atoms with Gasteiger partial charge in [0.25, 0.3) is 0 Å². The highest BCUT2D eigenvalue weighted by atomic mass is 16.3. The summed E-state index contributed by atoms with van der Waals surface area (Å²) in [7, 11) is 0. The predicted octanol–water partition coefficient (Wildman–Crippen LogP) is 3.39. The number of fused-ring (bicyclic) bond motifs is 1. The lowest BCUT2D eigenvalue weighted by atomic mass is 9.60. The van der Waals surface area contributed by atoms with Crippen LogP contribution in [0.2, 0.25) is 0 Å². The minimum absolute atomic E-state index is 0.169. The van der Waals surface area contributed by atoms with E-state index in [9.17, 15) is 5.11 Å². The van der Waals surface area contributed by atoms with Gasteiger partial charge in [-0.3, -0.25) is 0 Å². The molecule has 0 aromatic carbocycles. The van der Waals surface area contributed by atoms with Crippen LogP contribution >= 0.6 is 0 Å². The lowest BCUT2D eigenvalue weighted by Crippen LogP contribution is -2.36. The van der Waals surface area contributed by atoms with Crippen LogP contribution in [-0.2, 0) is 0 Å². The third-order valence-corrected chi connectivity index (χ3v) is 5.28. The maximum atomic E-state index is 10.1. The molecule has 1 heteroatoms. The molecular weight excluding hydrogens is 184 g/mol. The quantitative estimate of drug-likeness (QED) is 0.605. The van der Waals surface area contributed by atoms with Gasteiger partial charge >= 0.3 is 0 Å². The average molecular weight is 208 g/mol. The first-order valence-corrected chi connectivity index (χ1v) is 6.35. The van der Waals surface area contributed by atoms with Gasteiger partial charge in [0.1, 0.15) is 0 Å². The molecule has 1 N–H and O–H groups in total. The van der Waals surface area contributed by atoms with Crippen molar-refractivity contribution in [2.24, 2.45) is 23.2 Å². The second kappa shape index (κ2) is 3.62. The lowest BCUT2D eigenvalue weighted by molar-refractivity contribution is 0.0775. The average Bonchev–Trinajstić information content (AvgIpc) is 2.45. The summed E-state index contributed by atoms with van der Waals surface area (Å²) in [5, 5.41) is 10.1. The molecule has 2 rings (SSSR count). The Bertz CT molecular complexity index is 281. The zero-order valence-electron chi connectivity index (χ0n) is 10.5. The Balaban J connectivity index is 2.34. The second-order valence-electron chi connectivity index (χ2n) is 5.89. The first-order chi connectivity index (χ1) is 7.00. The highest BCUT2D eigenvalue weighted by Crippen LogP contribution is 2.58. The molecule has 0 saturated heterocycles. The van der Waals surface area contributed by atoms with E-state index in [-0.39, 0.29) is 6.10 Å². The van der Waals surface area contributed by atoms with E-state index >= 15 is 0 Å². The van der Waals surface area contributed by atoms with Gasteiger partial charge in [-0.05, 0) is 54.9 Å². The molecule has 0 aromatic rings. The summed E-state index contributed by atoms with van der Waals surface area (Å²) in [5.74, 6) is 2.28. The zero-order valence-corrected chi connectivity index (χ0v) is 10.5. The number of aliphatic hydroxyl groups excluding tert-OH is 1. The summed E-state index contributed by atoms with van der Waals surface area (Å²) >= 11 is 0. The van der Waals surface area contributed by atoms with Crippen molar-refractivity contribution in [3.63, 3.8) is 0 Å². The van der Waals surface area contributed by atoms with Crippen LogP contribution in [0.25, 0.3) is 0 Å². The summed E-state index contributed by atoms with van der Waals surface area (Å²) in [6.45, 7) is 9.18. The Hall–Kier alpha value is -0.300. The van der Waals surface area contributed by atoms with E-state index in [4.69, 9.17) is 0 Å². The van der Waals surface area contributed by atoms with Crippen molar-refractivity contribution < 1.29 is 5.11 Å². The van der Waals surface area contributed by atoms with Crippen molar-refractivity contribution >= 4 is 0 Å². The molecule has 4 unspecified atom stereocenters. The molecular formula is C14H24O. The van der Waals surface area contributed by atoms with Gasteiger partial charge in [-0.15, -0.1) is 0 Å². The fourth-order valence-corrected chi connectivity index (χ4v) is 4.06. The molecule has 0 radical (unpaired) electrons. The van der Waals surface area contributed by atoms with Gasteiger partial charge in [0.15, 0.2) is 0 Å². The van der Waals surface area contributed by atoms with Gasteiger partial charge in [-0.1, -0.05) is 26.8 Å². The molecule has 1 nitrogen and oxygen atoms in total.